The Morgan fingerprint density at radius 2 is 1.60 bits per heavy atom. The van der Waals surface area contributed by atoms with Crippen LogP contribution < -0.4 is 0 Å². The van der Waals surface area contributed by atoms with Gasteiger partial charge in [0.05, 0.1) is 5.71 Å². The lowest BCUT2D eigenvalue weighted by Gasteiger charge is -2.06. The molecule has 0 aliphatic heterocycles. The molecule has 1 atom stereocenters. The van der Waals surface area contributed by atoms with E-state index in [4.69, 9.17) is 15.2 Å². The summed E-state index contributed by atoms with van der Waals surface area (Å²) >= 11 is 0. The van der Waals surface area contributed by atoms with Gasteiger partial charge in [-0.25, -0.2) is 4.99 Å². The summed E-state index contributed by atoms with van der Waals surface area (Å²) in [4.78, 5) is 4.27. The molecular formula is C26H19N3O. The highest BCUT2D eigenvalue weighted by Crippen LogP contribution is 2.42. The van der Waals surface area contributed by atoms with Gasteiger partial charge < -0.3 is 9.83 Å². The fourth-order valence-electron chi connectivity index (χ4n) is 3.50. The second kappa shape index (κ2) is 7.41. The summed E-state index contributed by atoms with van der Waals surface area (Å²) in [5.74, 6) is 0.944. The molecule has 144 valence electrons. The number of hydrogen-bond acceptors (Lipinski definition) is 3. The largest absolute Gasteiger partial charge is 0.456 e. The Bertz CT molecular complexity index is 1300. The minimum atomic E-state index is -0.0529. The third-order valence-corrected chi connectivity index (χ3v) is 5.18. The lowest BCUT2D eigenvalue weighted by atomic mass is 10.0. The molecule has 0 radical (unpaired) electrons. The van der Waals surface area contributed by atoms with Crippen molar-refractivity contribution in [3.63, 3.8) is 0 Å². The third kappa shape index (κ3) is 3.51. The van der Waals surface area contributed by atoms with Crippen LogP contribution in [-0.2, 0) is 0 Å². The molecular weight excluding hydrogens is 370 g/mol. The van der Waals surface area contributed by atoms with Crippen molar-refractivity contribution >= 4 is 34.3 Å². The Kier molecular flexibility index (Phi) is 4.45. The summed E-state index contributed by atoms with van der Waals surface area (Å²) in [6.07, 6.45) is 3.73. The summed E-state index contributed by atoms with van der Waals surface area (Å²) in [5, 5.41) is 18.0. The van der Waals surface area contributed by atoms with E-state index in [1.807, 2.05) is 91.0 Å². The first-order chi connectivity index (χ1) is 14.7. The number of amidine groups is 1. The maximum absolute atomic E-state index is 8.63. The monoisotopic (exact) mass is 389 g/mol. The number of furan rings is 1. The highest BCUT2D eigenvalue weighted by molar-refractivity contribution is 6.14. The zero-order chi connectivity index (χ0) is 20.5. The Morgan fingerprint density at radius 3 is 2.43 bits per heavy atom. The van der Waals surface area contributed by atoms with E-state index in [1.54, 1.807) is 6.21 Å². The van der Waals surface area contributed by atoms with E-state index in [0.29, 0.717) is 11.3 Å². The highest BCUT2D eigenvalue weighted by atomic mass is 16.3. The van der Waals surface area contributed by atoms with Crippen LogP contribution in [0.4, 0.5) is 0 Å². The van der Waals surface area contributed by atoms with Gasteiger partial charge in [0.1, 0.15) is 11.3 Å². The molecule has 2 N–H and O–H groups in total. The Labute approximate surface area is 174 Å². The molecule has 1 aliphatic rings. The quantitative estimate of drug-likeness (QED) is 0.321. The number of benzene rings is 3. The van der Waals surface area contributed by atoms with Crippen molar-refractivity contribution in [2.75, 3.05) is 0 Å². The number of allylic oxidation sites excluding steroid dienone is 2. The number of aliphatic imine (C=N–C) groups is 1. The first kappa shape index (κ1) is 18.0. The van der Waals surface area contributed by atoms with Crippen LogP contribution in [-0.4, -0.2) is 17.8 Å². The Hall–Kier alpha value is -4.05. The number of para-hydroxylation sites is 1. The van der Waals surface area contributed by atoms with Crippen molar-refractivity contribution in [1.29, 1.82) is 10.8 Å². The minimum absolute atomic E-state index is 0.0529. The van der Waals surface area contributed by atoms with Gasteiger partial charge in [0.25, 0.3) is 0 Å². The van der Waals surface area contributed by atoms with Gasteiger partial charge >= 0.3 is 0 Å². The smallest absolute Gasteiger partial charge is 0.151 e. The fraction of sp³-hybridized carbons (Fsp3) is 0.0385. The van der Waals surface area contributed by atoms with Gasteiger partial charge in [0, 0.05) is 28.7 Å². The van der Waals surface area contributed by atoms with Crippen molar-refractivity contribution < 1.29 is 4.42 Å². The van der Waals surface area contributed by atoms with Crippen LogP contribution in [0.25, 0.3) is 16.5 Å². The topological polar surface area (TPSA) is 73.2 Å². The van der Waals surface area contributed by atoms with Crippen molar-refractivity contribution in [3.8, 4) is 0 Å². The van der Waals surface area contributed by atoms with Gasteiger partial charge in [-0.2, -0.15) is 0 Å². The number of hydrogen-bond donors (Lipinski definition) is 2. The molecule has 4 heteroatoms. The molecule has 4 nitrogen and oxygen atoms in total. The van der Waals surface area contributed by atoms with Gasteiger partial charge in [0.15, 0.2) is 5.84 Å². The number of rotatable bonds is 5. The van der Waals surface area contributed by atoms with E-state index < -0.39 is 0 Å². The van der Waals surface area contributed by atoms with Crippen molar-refractivity contribution in [2.45, 2.75) is 0 Å². The number of nitrogens with one attached hydrogen (secondary N) is 2. The maximum Gasteiger partial charge on any atom is 0.151 e. The van der Waals surface area contributed by atoms with Crippen molar-refractivity contribution in [2.24, 2.45) is 10.9 Å². The predicted molar refractivity (Wildman–Crippen MR) is 122 cm³/mol. The molecule has 4 aromatic rings. The van der Waals surface area contributed by atoms with E-state index >= 15 is 0 Å². The zero-order valence-corrected chi connectivity index (χ0v) is 16.2. The first-order valence-electron chi connectivity index (χ1n) is 9.76. The van der Waals surface area contributed by atoms with Crippen LogP contribution in [0.15, 0.2) is 100 Å². The van der Waals surface area contributed by atoms with Crippen LogP contribution in [0.2, 0.25) is 0 Å². The summed E-state index contributed by atoms with van der Waals surface area (Å²) in [6.45, 7) is 0. The molecule has 3 aromatic carbocycles. The molecule has 0 spiro atoms. The Balaban J connectivity index is 1.31. The number of nitrogens with zero attached hydrogens (tertiary/aromatic N) is 1. The molecule has 0 amide bonds. The first-order valence-corrected chi connectivity index (χ1v) is 9.76. The molecule has 0 bridgehead atoms. The summed E-state index contributed by atoms with van der Waals surface area (Å²) in [5.41, 5.74) is 4.84. The molecule has 30 heavy (non-hydrogen) atoms. The SMILES string of the molecule is N=C(N=Cc1ccccc1)c1cccc(C(=N)C2C=C2c2cc3ccccc3o2)c1. The third-order valence-electron chi connectivity index (χ3n) is 5.18. The van der Waals surface area contributed by atoms with Gasteiger partial charge in [-0.05, 0) is 29.3 Å². The second-order valence-corrected chi connectivity index (χ2v) is 7.26. The normalized spacial score (nSPS) is 15.3. The molecule has 5 rings (SSSR count). The van der Waals surface area contributed by atoms with Crippen LogP contribution in [0.3, 0.4) is 0 Å². The highest BCUT2D eigenvalue weighted by Gasteiger charge is 2.33. The van der Waals surface area contributed by atoms with Crippen LogP contribution in [0.5, 0.6) is 0 Å². The van der Waals surface area contributed by atoms with Gasteiger partial charge in [-0.1, -0.05) is 72.8 Å². The lowest BCUT2D eigenvalue weighted by Crippen LogP contribution is -2.06. The average Bonchev–Trinajstić information content (AvgIpc) is 3.48. The summed E-state index contributed by atoms with van der Waals surface area (Å²) < 4.78 is 5.93. The van der Waals surface area contributed by atoms with Crippen LogP contribution >= 0.6 is 0 Å². The van der Waals surface area contributed by atoms with Crippen LogP contribution in [0, 0.1) is 16.7 Å². The molecule has 1 heterocycles. The van der Waals surface area contributed by atoms with Crippen molar-refractivity contribution in [3.05, 3.63) is 113 Å². The molecule has 0 fully saturated rings. The maximum atomic E-state index is 8.63. The van der Waals surface area contributed by atoms with E-state index in [2.05, 4.69) is 4.99 Å². The van der Waals surface area contributed by atoms with E-state index in [0.717, 1.165) is 33.4 Å². The van der Waals surface area contributed by atoms with Gasteiger partial charge in [0.2, 0.25) is 0 Å². The van der Waals surface area contributed by atoms with Crippen LogP contribution in [0.1, 0.15) is 22.5 Å². The summed E-state index contributed by atoms with van der Waals surface area (Å²) in [6, 6.07) is 27.1. The van der Waals surface area contributed by atoms with E-state index in [1.165, 1.54) is 0 Å². The Morgan fingerprint density at radius 1 is 0.833 bits per heavy atom. The zero-order valence-electron chi connectivity index (χ0n) is 16.2. The summed E-state index contributed by atoms with van der Waals surface area (Å²) in [7, 11) is 0. The second-order valence-electron chi connectivity index (χ2n) is 7.26. The molecule has 1 unspecified atom stereocenters. The van der Waals surface area contributed by atoms with Crippen molar-refractivity contribution in [1.82, 2.24) is 0 Å². The molecule has 0 saturated carbocycles. The molecule has 1 aliphatic carbocycles. The standard InChI is InChI=1S/C26H19N3O/c27-25(22-15-21(22)24-14-18-9-4-5-12-23(18)30-24)19-10-6-11-20(13-19)26(28)29-16-17-7-2-1-3-8-17/h1-16,22,27-28H. The average molecular weight is 389 g/mol. The number of fused-ring (bicyclic) bond motifs is 1. The molecule has 1 aromatic heterocycles. The predicted octanol–water partition coefficient (Wildman–Crippen LogP) is 5.96. The molecule has 0 saturated heterocycles. The minimum Gasteiger partial charge on any atom is -0.456 e. The van der Waals surface area contributed by atoms with Gasteiger partial charge in [-0.3, -0.25) is 5.41 Å². The fourth-order valence-corrected chi connectivity index (χ4v) is 3.50. The van der Waals surface area contributed by atoms with E-state index in [9.17, 15) is 0 Å². The van der Waals surface area contributed by atoms with E-state index in [-0.39, 0.29) is 11.8 Å². The lowest BCUT2D eigenvalue weighted by molar-refractivity contribution is 0.600. The van der Waals surface area contributed by atoms with Gasteiger partial charge in [-0.15, -0.1) is 0 Å².